The quantitative estimate of drug-likeness (QED) is 0.398. The van der Waals surface area contributed by atoms with Gasteiger partial charge >= 0.3 is 6.01 Å². The summed E-state index contributed by atoms with van der Waals surface area (Å²) in [5, 5.41) is 4.60. The maximum absolute atomic E-state index is 14.5. The zero-order valence-electron chi connectivity index (χ0n) is 19.5. The number of nitrogens with two attached hydrogens (primary N) is 1. The predicted octanol–water partition coefficient (Wildman–Crippen LogP) is 3.93. The van der Waals surface area contributed by atoms with Crippen molar-refractivity contribution in [2.24, 2.45) is 17.6 Å². The van der Waals surface area contributed by atoms with Gasteiger partial charge in [-0.15, -0.1) is 0 Å². The third kappa shape index (κ3) is 3.30. The molecule has 3 fully saturated rings. The lowest BCUT2D eigenvalue weighted by Gasteiger charge is -2.36. The summed E-state index contributed by atoms with van der Waals surface area (Å²) in [5.74, 6) is 3.22. The molecule has 2 saturated carbocycles. The van der Waals surface area contributed by atoms with E-state index in [-0.39, 0.29) is 17.9 Å². The van der Waals surface area contributed by atoms with Gasteiger partial charge in [-0.2, -0.15) is 9.97 Å². The molecule has 0 amide bonds. The number of halogens is 1. The summed E-state index contributed by atoms with van der Waals surface area (Å²) < 4.78 is 20.5. The van der Waals surface area contributed by atoms with Crippen molar-refractivity contribution in [1.29, 1.82) is 0 Å². The molecule has 3 aromatic heterocycles. The van der Waals surface area contributed by atoms with Crippen molar-refractivity contribution in [3.8, 4) is 11.8 Å². The number of hydrogen-bond donors (Lipinski definition) is 3. The summed E-state index contributed by atoms with van der Waals surface area (Å²) in [6.07, 6.45) is 7.90. The summed E-state index contributed by atoms with van der Waals surface area (Å²) in [5.41, 5.74) is 8.30. The SMILES string of the molecule is CNc1cc(F)cc2c1[nH]c1nc(Oc3cnc(C4CCC4)nc3)nc(N3CC4CC(N)C4C3)c12. The van der Waals surface area contributed by atoms with Crippen LogP contribution in [0.4, 0.5) is 15.9 Å². The second kappa shape index (κ2) is 7.74. The lowest BCUT2D eigenvalue weighted by atomic mass is 9.72. The van der Waals surface area contributed by atoms with Gasteiger partial charge in [0.05, 0.1) is 29.0 Å². The van der Waals surface area contributed by atoms with Crippen LogP contribution in [0, 0.1) is 17.7 Å². The maximum atomic E-state index is 14.5. The molecule has 4 N–H and O–H groups in total. The monoisotopic (exact) mass is 474 g/mol. The van der Waals surface area contributed by atoms with E-state index in [4.69, 9.17) is 15.5 Å². The van der Waals surface area contributed by atoms with Crippen LogP contribution < -0.4 is 20.7 Å². The molecule has 3 aliphatic rings. The maximum Gasteiger partial charge on any atom is 0.326 e. The van der Waals surface area contributed by atoms with Gasteiger partial charge in [0.25, 0.3) is 0 Å². The van der Waals surface area contributed by atoms with Gasteiger partial charge < -0.3 is 25.7 Å². The highest BCUT2D eigenvalue weighted by Crippen LogP contribution is 2.44. The summed E-state index contributed by atoms with van der Waals surface area (Å²) >= 11 is 0. The highest BCUT2D eigenvalue weighted by molar-refractivity contribution is 6.14. The summed E-state index contributed by atoms with van der Waals surface area (Å²) in [4.78, 5) is 24.1. The number of hydrogen-bond acceptors (Lipinski definition) is 8. The Hall–Kier alpha value is -3.53. The largest absolute Gasteiger partial charge is 0.421 e. The highest BCUT2D eigenvalue weighted by atomic mass is 19.1. The van der Waals surface area contributed by atoms with Crippen molar-refractivity contribution in [3.63, 3.8) is 0 Å². The van der Waals surface area contributed by atoms with Gasteiger partial charge in [0.1, 0.15) is 23.1 Å². The molecule has 1 aliphatic heterocycles. The average Bonchev–Trinajstić information content (AvgIpc) is 3.35. The van der Waals surface area contributed by atoms with E-state index in [1.165, 1.54) is 18.6 Å². The van der Waals surface area contributed by atoms with Gasteiger partial charge in [0, 0.05) is 37.5 Å². The first-order chi connectivity index (χ1) is 17.1. The van der Waals surface area contributed by atoms with Crippen LogP contribution in [-0.4, -0.2) is 51.1 Å². The fraction of sp³-hybridized carbons (Fsp3) is 0.440. The Morgan fingerprint density at radius 3 is 2.69 bits per heavy atom. The van der Waals surface area contributed by atoms with Crippen LogP contribution in [0.25, 0.3) is 21.9 Å². The van der Waals surface area contributed by atoms with Gasteiger partial charge in [-0.05, 0) is 43.2 Å². The number of aromatic nitrogens is 5. The van der Waals surface area contributed by atoms with Crippen LogP contribution in [0.1, 0.15) is 37.4 Å². The molecule has 3 unspecified atom stereocenters. The van der Waals surface area contributed by atoms with Crippen LogP contribution >= 0.6 is 0 Å². The molecule has 35 heavy (non-hydrogen) atoms. The number of nitrogens with one attached hydrogen (secondary N) is 2. The first kappa shape index (κ1) is 20.8. The summed E-state index contributed by atoms with van der Waals surface area (Å²) in [6.45, 7) is 1.68. The fourth-order valence-electron chi connectivity index (χ4n) is 5.79. The molecule has 7 rings (SSSR count). The van der Waals surface area contributed by atoms with E-state index in [1.807, 2.05) is 0 Å². The molecule has 4 heterocycles. The molecule has 180 valence electrons. The van der Waals surface area contributed by atoms with Crippen LogP contribution in [0.2, 0.25) is 0 Å². The van der Waals surface area contributed by atoms with E-state index in [0.29, 0.717) is 34.8 Å². The van der Waals surface area contributed by atoms with Crippen LogP contribution in [-0.2, 0) is 0 Å². The molecule has 3 atom stereocenters. The second-order valence-corrected chi connectivity index (χ2v) is 10.0. The third-order valence-electron chi connectivity index (χ3n) is 8.00. The molecule has 0 spiro atoms. The molecule has 0 bridgehead atoms. The smallest absolute Gasteiger partial charge is 0.326 e. The van der Waals surface area contributed by atoms with Crippen LogP contribution in [0.15, 0.2) is 24.5 Å². The zero-order valence-corrected chi connectivity index (χ0v) is 19.5. The first-order valence-electron chi connectivity index (χ1n) is 12.3. The fourth-order valence-corrected chi connectivity index (χ4v) is 5.79. The summed E-state index contributed by atoms with van der Waals surface area (Å²) in [6, 6.07) is 3.43. The zero-order chi connectivity index (χ0) is 23.7. The van der Waals surface area contributed by atoms with E-state index in [2.05, 4.69) is 30.2 Å². The lowest BCUT2D eigenvalue weighted by molar-refractivity contribution is 0.194. The van der Waals surface area contributed by atoms with E-state index in [0.717, 1.165) is 60.3 Å². The Morgan fingerprint density at radius 2 is 2.00 bits per heavy atom. The Labute approximate surface area is 201 Å². The molecule has 0 radical (unpaired) electrons. The van der Waals surface area contributed by atoms with Crippen LogP contribution in [0.3, 0.4) is 0 Å². The number of benzene rings is 1. The Morgan fingerprint density at radius 1 is 1.17 bits per heavy atom. The predicted molar refractivity (Wildman–Crippen MR) is 131 cm³/mol. The number of aromatic amines is 1. The number of nitrogens with zero attached hydrogens (tertiary/aromatic N) is 5. The minimum atomic E-state index is -0.318. The van der Waals surface area contributed by atoms with Crippen molar-refractivity contribution in [3.05, 3.63) is 36.2 Å². The molecule has 2 aliphatic carbocycles. The molecule has 9 nitrogen and oxygen atoms in total. The standard InChI is InChI=1S/C25H27FN8O/c1-28-19-7-14(26)6-16-20-23(31-21(16)19)32-25(33-24(20)34-10-13-5-18(27)17(13)11-34)35-15-8-29-22(30-9-15)12-3-2-4-12/h6-9,12-13,17-18,28H,2-5,10-11,27H2,1H3,(H,31,32,33). The van der Waals surface area contributed by atoms with Crippen molar-refractivity contribution < 1.29 is 9.13 Å². The Kier molecular flexibility index (Phi) is 4.60. The topological polar surface area (TPSA) is 118 Å². The minimum Gasteiger partial charge on any atom is -0.421 e. The normalized spacial score (nSPS) is 23.9. The minimum absolute atomic E-state index is 0.203. The molecular formula is C25H27FN8O. The molecule has 1 aromatic carbocycles. The van der Waals surface area contributed by atoms with Crippen LogP contribution in [0.5, 0.6) is 11.8 Å². The van der Waals surface area contributed by atoms with Gasteiger partial charge in [0.15, 0.2) is 5.75 Å². The van der Waals surface area contributed by atoms with E-state index in [1.54, 1.807) is 19.4 Å². The van der Waals surface area contributed by atoms with Gasteiger partial charge in [-0.25, -0.2) is 14.4 Å². The summed E-state index contributed by atoms with van der Waals surface area (Å²) in [7, 11) is 1.77. The van der Waals surface area contributed by atoms with Crippen molar-refractivity contribution in [1.82, 2.24) is 24.9 Å². The average molecular weight is 475 g/mol. The molecule has 10 heteroatoms. The molecule has 1 saturated heterocycles. The van der Waals surface area contributed by atoms with E-state index >= 15 is 0 Å². The molecule has 4 aromatic rings. The van der Waals surface area contributed by atoms with Gasteiger partial charge in [-0.3, -0.25) is 0 Å². The molecular weight excluding hydrogens is 447 g/mol. The number of ether oxygens (including phenoxy) is 1. The Bertz CT molecular complexity index is 1430. The van der Waals surface area contributed by atoms with E-state index < -0.39 is 0 Å². The third-order valence-corrected chi connectivity index (χ3v) is 8.00. The number of H-pyrrole nitrogens is 1. The van der Waals surface area contributed by atoms with E-state index in [9.17, 15) is 4.39 Å². The van der Waals surface area contributed by atoms with Gasteiger partial charge in [-0.1, -0.05) is 6.42 Å². The van der Waals surface area contributed by atoms with Crippen molar-refractivity contribution in [2.45, 2.75) is 37.6 Å². The highest BCUT2D eigenvalue weighted by Gasteiger charge is 2.46. The number of rotatable bonds is 5. The van der Waals surface area contributed by atoms with Crippen molar-refractivity contribution in [2.75, 3.05) is 30.4 Å². The van der Waals surface area contributed by atoms with Gasteiger partial charge in [0.2, 0.25) is 0 Å². The number of anilines is 2. The lowest BCUT2D eigenvalue weighted by Crippen LogP contribution is -2.46. The second-order valence-electron chi connectivity index (χ2n) is 10.0. The van der Waals surface area contributed by atoms with Crippen molar-refractivity contribution >= 4 is 33.4 Å². The Balaban J connectivity index is 1.32. The number of fused-ring (bicyclic) bond motifs is 4. The first-order valence-corrected chi connectivity index (χ1v) is 12.3.